The van der Waals surface area contributed by atoms with Gasteiger partial charge < -0.3 is 16.0 Å². The Kier molecular flexibility index (Phi) is 6.26. The lowest BCUT2D eigenvalue weighted by Crippen LogP contribution is -2.43. The van der Waals surface area contributed by atoms with E-state index in [1.54, 1.807) is 31.2 Å². The summed E-state index contributed by atoms with van der Waals surface area (Å²) in [6.45, 7) is 2.20. The molecule has 4 N–H and O–H groups in total. The number of urea groups is 1. The van der Waals surface area contributed by atoms with E-state index >= 15 is 0 Å². The number of benzene rings is 2. The van der Waals surface area contributed by atoms with Crippen LogP contribution in [0.3, 0.4) is 0 Å². The molecular weight excluding hydrogens is 356 g/mol. The molecule has 2 aromatic carbocycles. The minimum Gasteiger partial charge on any atom is -0.370 e. The number of anilines is 1. The Balaban J connectivity index is 1.72. The lowest BCUT2D eigenvalue weighted by atomic mass is 10.1. The molecule has 28 heavy (non-hydrogen) atoms. The standard InChI is InChI=1S/C21H24N4O3/c1-2-22-21(28)25-20(27)18(14-6-4-3-5-7-14)23-16-10-8-15(9-11-16)19(26)24-17-12-13-17/h3-11,17-18,23H,2,12-13H2,1H3,(H,24,26)(H2,22,25,27,28). The topological polar surface area (TPSA) is 99.3 Å². The lowest BCUT2D eigenvalue weighted by molar-refractivity contribution is -0.120. The first-order chi connectivity index (χ1) is 13.6. The molecule has 2 aromatic rings. The molecule has 1 aliphatic carbocycles. The largest absolute Gasteiger partial charge is 0.370 e. The highest BCUT2D eigenvalue weighted by atomic mass is 16.2. The summed E-state index contributed by atoms with van der Waals surface area (Å²) in [5.41, 5.74) is 1.96. The van der Waals surface area contributed by atoms with E-state index in [0.29, 0.717) is 23.8 Å². The minimum absolute atomic E-state index is 0.0948. The second kappa shape index (κ2) is 9.03. The van der Waals surface area contributed by atoms with E-state index in [-0.39, 0.29) is 5.91 Å². The van der Waals surface area contributed by atoms with Crippen molar-refractivity contribution in [2.24, 2.45) is 0 Å². The number of nitrogens with one attached hydrogen (secondary N) is 4. The summed E-state index contributed by atoms with van der Waals surface area (Å²) >= 11 is 0. The molecule has 1 atom stereocenters. The molecule has 1 fully saturated rings. The van der Waals surface area contributed by atoms with E-state index < -0.39 is 18.0 Å². The summed E-state index contributed by atoms with van der Waals surface area (Å²) in [5.74, 6) is -0.560. The van der Waals surface area contributed by atoms with Crippen molar-refractivity contribution < 1.29 is 14.4 Å². The SMILES string of the molecule is CCNC(=O)NC(=O)C(Nc1ccc(C(=O)NC2CC2)cc1)c1ccccc1. The van der Waals surface area contributed by atoms with Gasteiger partial charge in [0.15, 0.2) is 0 Å². The van der Waals surface area contributed by atoms with Crippen LogP contribution in [0.15, 0.2) is 54.6 Å². The second-order valence-corrected chi connectivity index (χ2v) is 6.66. The molecule has 0 spiro atoms. The maximum Gasteiger partial charge on any atom is 0.321 e. The average Bonchev–Trinajstić information content (AvgIpc) is 3.51. The van der Waals surface area contributed by atoms with Crippen LogP contribution in [-0.4, -0.2) is 30.4 Å². The van der Waals surface area contributed by atoms with E-state index in [1.165, 1.54) is 0 Å². The van der Waals surface area contributed by atoms with Crippen LogP contribution in [-0.2, 0) is 4.79 Å². The number of hydrogen-bond acceptors (Lipinski definition) is 4. The molecule has 4 amide bonds. The van der Waals surface area contributed by atoms with Gasteiger partial charge in [0, 0.05) is 23.8 Å². The summed E-state index contributed by atoms with van der Waals surface area (Å²) < 4.78 is 0. The number of hydrogen-bond donors (Lipinski definition) is 4. The zero-order valence-corrected chi connectivity index (χ0v) is 15.7. The van der Waals surface area contributed by atoms with Crippen molar-refractivity contribution in [2.75, 3.05) is 11.9 Å². The molecule has 7 heteroatoms. The number of carbonyl (C=O) groups is 3. The van der Waals surface area contributed by atoms with Crippen molar-refractivity contribution in [1.29, 1.82) is 0 Å². The molecule has 0 saturated heterocycles. The maximum atomic E-state index is 12.6. The van der Waals surface area contributed by atoms with Gasteiger partial charge in [0.1, 0.15) is 6.04 Å². The molecule has 1 unspecified atom stereocenters. The zero-order valence-electron chi connectivity index (χ0n) is 15.7. The van der Waals surface area contributed by atoms with Gasteiger partial charge in [-0.2, -0.15) is 0 Å². The van der Waals surface area contributed by atoms with Gasteiger partial charge in [-0.1, -0.05) is 30.3 Å². The van der Waals surface area contributed by atoms with Crippen LogP contribution in [0.5, 0.6) is 0 Å². The second-order valence-electron chi connectivity index (χ2n) is 6.66. The third-order valence-corrected chi connectivity index (χ3v) is 4.34. The first-order valence-electron chi connectivity index (χ1n) is 9.38. The highest BCUT2D eigenvalue weighted by Crippen LogP contribution is 2.22. The van der Waals surface area contributed by atoms with E-state index in [0.717, 1.165) is 18.4 Å². The Hall–Kier alpha value is -3.35. The third-order valence-electron chi connectivity index (χ3n) is 4.34. The predicted molar refractivity (Wildman–Crippen MR) is 107 cm³/mol. The maximum absolute atomic E-state index is 12.6. The van der Waals surface area contributed by atoms with Gasteiger partial charge in [0.2, 0.25) is 0 Å². The number of amides is 4. The van der Waals surface area contributed by atoms with E-state index in [4.69, 9.17) is 0 Å². The van der Waals surface area contributed by atoms with Gasteiger partial charge in [-0.05, 0) is 49.6 Å². The van der Waals surface area contributed by atoms with Crippen LogP contribution in [0.4, 0.5) is 10.5 Å². The molecule has 146 valence electrons. The molecule has 7 nitrogen and oxygen atoms in total. The minimum atomic E-state index is -0.755. The Morgan fingerprint density at radius 1 is 1.00 bits per heavy atom. The van der Waals surface area contributed by atoms with Gasteiger partial charge >= 0.3 is 6.03 Å². The average molecular weight is 380 g/mol. The van der Waals surface area contributed by atoms with E-state index in [2.05, 4.69) is 21.3 Å². The van der Waals surface area contributed by atoms with Crippen molar-refractivity contribution in [2.45, 2.75) is 31.8 Å². The highest BCUT2D eigenvalue weighted by Gasteiger charge is 2.24. The first kappa shape index (κ1) is 19.4. The fourth-order valence-electron chi connectivity index (χ4n) is 2.72. The summed E-state index contributed by atoms with van der Waals surface area (Å²) in [5, 5.41) is 11.0. The fraction of sp³-hybridized carbons (Fsp3) is 0.286. The van der Waals surface area contributed by atoms with Crippen LogP contribution in [0.25, 0.3) is 0 Å². The van der Waals surface area contributed by atoms with Crippen molar-refractivity contribution in [1.82, 2.24) is 16.0 Å². The lowest BCUT2D eigenvalue weighted by Gasteiger charge is -2.20. The van der Waals surface area contributed by atoms with Crippen molar-refractivity contribution in [3.63, 3.8) is 0 Å². The van der Waals surface area contributed by atoms with Gasteiger partial charge in [-0.15, -0.1) is 0 Å². The van der Waals surface area contributed by atoms with Crippen LogP contribution in [0.1, 0.15) is 41.7 Å². The monoisotopic (exact) mass is 380 g/mol. The molecule has 0 aliphatic heterocycles. The van der Waals surface area contributed by atoms with Crippen LogP contribution < -0.4 is 21.3 Å². The Labute approximate surface area is 163 Å². The van der Waals surface area contributed by atoms with Crippen LogP contribution in [0, 0.1) is 0 Å². The molecule has 0 aromatic heterocycles. The van der Waals surface area contributed by atoms with E-state index in [9.17, 15) is 14.4 Å². The third kappa shape index (κ3) is 5.33. The van der Waals surface area contributed by atoms with Crippen molar-refractivity contribution in [3.8, 4) is 0 Å². The molecule has 0 radical (unpaired) electrons. The van der Waals surface area contributed by atoms with Crippen molar-refractivity contribution >= 4 is 23.5 Å². The van der Waals surface area contributed by atoms with E-state index in [1.807, 2.05) is 30.3 Å². The summed E-state index contributed by atoms with van der Waals surface area (Å²) in [6, 6.07) is 15.1. The normalized spacial score (nSPS) is 13.9. The van der Waals surface area contributed by atoms with Crippen LogP contribution >= 0.6 is 0 Å². The Morgan fingerprint density at radius 2 is 1.68 bits per heavy atom. The zero-order chi connectivity index (χ0) is 19.9. The number of rotatable bonds is 7. The molecule has 0 heterocycles. The highest BCUT2D eigenvalue weighted by molar-refractivity contribution is 5.99. The molecule has 1 saturated carbocycles. The Morgan fingerprint density at radius 3 is 2.29 bits per heavy atom. The number of imide groups is 1. The van der Waals surface area contributed by atoms with Gasteiger partial charge in [0.25, 0.3) is 11.8 Å². The van der Waals surface area contributed by atoms with Gasteiger partial charge in [-0.3, -0.25) is 14.9 Å². The molecular formula is C21H24N4O3. The summed E-state index contributed by atoms with van der Waals surface area (Å²) in [6.07, 6.45) is 2.07. The Bertz CT molecular complexity index is 832. The summed E-state index contributed by atoms with van der Waals surface area (Å²) in [7, 11) is 0. The summed E-state index contributed by atoms with van der Waals surface area (Å²) in [4.78, 5) is 36.5. The molecule has 1 aliphatic rings. The van der Waals surface area contributed by atoms with Gasteiger partial charge in [-0.25, -0.2) is 4.79 Å². The van der Waals surface area contributed by atoms with Crippen LogP contribution in [0.2, 0.25) is 0 Å². The van der Waals surface area contributed by atoms with Gasteiger partial charge in [0.05, 0.1) is 0 Å². The van der Waals surface area contributed by atoms with Crippen molar-refractivity contribution in [3.05, 3.63) is 65.7 Å². The number of carbonyl (C=O) groups excluding carboxylic acids is 3. The predicted octanol–water partition coefficient (Wildman–Crippen LogP) is 2.58. The first-order valence-corrected chi connectivity index (χ1v) is 9.38. The molecule has 3 rings (SSSR count). The smallest absolute Gasteiger partial charge is 0.321 e. The molecule has 0 bridgehead atoms. The quantitative estimate of drug-likeness (QED) is 0.593. The fourth-order valence-corrected chi connectivity index (χ4v) is 2.72.